The zero-order chi connectivity index (χ0) is 14.1. The lowest BCUT2D eigenvalue weighted by Crippen LogP contribution is -2.20. The van der Waals surface area contributed by atoms with Crippen LogP contribution in [0.2, 0.25) is 0 Å². The molecule has 0 unspecified atom stereocenters. The quantitative estimate of drug-likeness (QED) is 0.436. The van der Waals surface area contributed by atoms with E-state index in [-0.39, 0.29) is 30.7 Å². The number of hydrogen-bond acceptors (Lipinski definition) is 4. The highest BCUT2D eigenvalue weighted by Crippen LogP contribution is 2.43. The molecule has 1 aromatic rings. The normalized spacial score (nSPS) is 27.7. The smallest absolute Gasteiger partial charge is 0.310 e. The standard InChI is InChI=1S/C14H14ClIO4/c15-4-3-9-13(12(6-16)20-14(9)17)8-1-2-10-11(5-8)19-7-18-10/h1-2,5,9,12-13H,3-4,6-7H2/t9-,12+,13-/m0/s1. The second kappa shape index (κ2) is 5.97. The molecule has 0 N–H and O–H groups in total. The first-order chi connectivity index (χ1) is 9.74. The average molecular weight is 409 g/mol. The topological polar surface area (TPSA) is 44.8 Å². The molecule has 20 heavy (non-hydrogen) atoms. The Hall–Kier alpha value is -0.690. The van der Waals surface area contributed by atoms with Gasteiger partial charge in [0.2, 0.25) is 6.79 Å². The van der Waals surface area contributed by atoms with Crippen LogP contribution in [0.1, 0.15) is 17.9 Å². The molecule has 0 aromatic heterocycles. The van der Waals surface area contributed by atoms with E-state index < -0.39 is 0 Å². The molecule has 2 aliphatic heterocycles. The lowest BCUT2D eigenvalue weighted by molar-refractivity contribution is -0.143. The minimum Gasteiger partial charge on any atom is -0.461 e. The van der Waals surface area contributed by atoms with E-state index in [9.17, 15) is 4.79 Å². The van der Waals surface area contributed by atoms with Gasteiger partial charge in [-0.3, -0.25) is 4.79 Å². The highest BCUT2D eigenvalue weighted by Gasteiger charge is 2.44. The van der Waals surface area contributed by atoms with Crippen LogP contribution in [0.15, 0.2) is 18.2 Å². The molecule has 0 bridgehead atoms. The third kappa shape index (κ3) is 2.45. The fraction of sp³-hybridized carbons (Fsp3) is 0.500. The Morgan fingerprint density at radius 1 is 1.30 bits per heavy atom. The summed E-state index contributed by atoms with van der Waals surface area (Å²) in [5, 5.41) is 0. The SMILES string of the molecule is O=C1O[C@H](CI)[C@@H](c2ccc3c(c2)OCO3)[C@@H]1CCCl. The van der Waals surface area contributed by atoms with Crippen molar-refractivity contribution >= 4 is 40.2 Å². The van der Waals surface area contributed by atoms with Gasteiger partial charge < -0.3 is 14.2 Å². The molecule has 1 aromatic carbocycles. The fourth-order valence-electron chi connectivity index (χ4n) is 2.83. The minimum atomic E-state index is -0.173. The summed E-state index contributed by atoms with van der Waals surface area (Å²) in [4.78, 5) is 12.0. The summed E-state index contributed by atoms with van der Waals surface area (Å²) in [6.45, 7) is 0.250. The molecule has 0 radical (unpaired) electrons. The molecular formula is C14H14ClIO4. The number of esters is 1. The van der Waals surface area contributed by atoms with Crippen LogP contribution in [0.25, 0.3) is 0 Å². The molecule has 108 valence electrons. The number of hydrogen-bond donors (Lipinski definition) is 0. The van der Waals surface area contributed by atoms with Crippen molar-refractivity contribution in [3.05, 3.63) is 23.8 Å². The Labute approximate surface area is 135 Å². The van der Waals surface area contributed by atoms with Crippen molar-refractivity contribution in [1.29, 1.82) is 0 Å². The van der Waals surface area contributed by atoms with Gasteiger partial charge in [-0.2, -0.15) is 0 Å². The summed E-state index contributed by atoms with van der Waals surface area (Å²) in [5.41, 5.74) is 1.05. The van der Waals surface area contributed by atoms with E-state index in [1.165, 1.54) is 0 Å². The molecule has 1 saturated heterocycles. The third-order valence-corrected chi connectivity index (χ3v) is 4.84. The van der Waals surface area contributed by atoms with Gasteiger partial charge >= 0.3 is 5.97 Å². The Kier molecular flexibility index (Phi) is 4.26. The van der Waals surface area contributed by atoms with E-state index in [0.717, 1.165) is 21.5 Å². The Morgan fingerprint density at radius 3 is 2.85 bits per heavy atom. The van der Waals surface area contributed by atoms with Gasteiger partial charge in [-0.05, 0) is 24.1 Å². The van der Waals surface area contributed by atoms with Gasteiger partial charge in [0.25, 0.3) is 0 Å². The molecular weight excluding hydrogens is 395 g/mol. The van der Waals surface area contributed by atoms with Gasteiger partial charge in [0.15, 0.2) is 11.5 Å². The molecule has 0 aliphatic carbocycles. The first-order valence-electron chi connectivity index (χ1n) is 6.46. The molecule has 0 amide bonds. The highest BCUT2D eigenvalue weighted by molar-refractivity contribution is 14.1. The maximum Gasteiger partial charge on any atom is 0.310 e. The summed E-state index contributed by atoms with van der Waals surface area (Å²) in [7, 11) is 0. The number of benzene rings is 1. The van der Waals surface area contributed by atoms with Crippen LogP contribution >= 0.6 is 34.2 Å². The maximum absolute atomic E-state index is 12.0. The zero-order valence-corrected chi connectivity index (χ0v) is 13.6. The predicted molar refractivity (Wildman–Crippen MR) is 82.9 cm³/mol. The number of ether oxygens (including phenoxy) is 3. The van der Waals surface area contributed by atoms with Crippen molar-refractivity contribution in [2.24, 2.45) is 5.92 Å². The molecule has 2 aliphatic rings. The Balaban J connectivity index is 1.94. The van der Waals surface area contributed by atoms with E-state index in [0.29, 0.717) is 12.3 Å². The average Bonchev–Trinajstić information content (AvgIpc) is 3.03. The molecule has 2 heterocycles. The summed E-state index contributed by atoms with van der Waals surface area (Å²) in [6.07, 6.45) is 0.531. The number of carbonyl (C=O) groups is 1. The lowest BCUT2D eigenvalue weighted by atomic mass is 9.83. The van der Waals surface area contributed by atoms with Gasteiger partial charge in [0.05, 0.1) is 5.92 Å². The molecule has 1 fully saturated rings. The van der Waals surface area contributed by atoms with Crippen LogP contribution in [0.4, 0.5) is 0 Å². The first-order valence-corrected chi connectivity index (χ1v) is 8.52. The van der Waals surface area contributed by atoms with Gasteiger partial charge in [0, 0.05) is 16.2 Å². The number of carbonyl (C=O) groups excluding carboxylic acids is 1. The van der Waals surface area contributed by atoms with Crippen molar-refractivity contribution in [3.8, 4) is 11.5 Å². The second-order valence-electron chi connectivity index (χ2n) is 4.85. The predicted octanol–water partition coefficient (Wildman–Crippen LogP) is 3.10. The third-order valence-electron chi connectivity index (χ3n) is 3.76. The van der Waals surface area contributed by atoms with Crippen molar-refractivity contribution in [2.75, 3.05) is 17.1 Å². The number of fused-ring (bicyclic) bond motifs is 1. The van der Waals surface area contributed by atoms with Gasteiger partial charge in [-0.1, -0.05) is 28.7 Å². The van der Waals surface area contributed by atoms with Gasteiger partial charge in [0.1, 0.15) is 6.10 Å². The summed E-state index contributed by atoms with van der Waals surface area (Å²) in [6, 6.07) is 5.83. The van der Waals surface area contributed by atoms with Crippen LogP contribution in [-0.2, 0) is 9.53 Å². The number of cyclic esters (lactones) is 1. The number of halogens is 2. The van der Waals surface area contributed by atoms with Crippen LogP contribution in [0.3, 0.4) is 0 Å². The van der Waals surface area contributed by atoms with E-state index in [4.69, 9.17) is 25.8 Å². The number of alkyl halides is 2. The number of rotatable bonds is 4. The van der Waals surface area contributed by atoms with Gasteiger partial charge in [-0.25, -0.2) is 0 Å². The van der Waals surface area contributed by atoms with Crippen LogP contribution in [-0.4, -0.2) is 29.2 Å². The second-order valence-corrected chi connectivity index (χ2v) is 6.11. The fourth-order valence-corrected chi connectivity index (χ4v) is 3.79. The maximum atomic E-state index is 12.0. The first kappa shape index (κ1) is 14.3. The van der Waals surface area contributed by atoms with E-state index >= 15 is 0 Å². The van der Waals surface area contributed by atoms with Crippen LogP contribution < -0.4 is 9.47 Å². The lowest BCUT2D eigenvalue weighted by Gasteiger charge is -2.20. The molecule has 0 spiro atoms. The summed E-state index contributed by atoms with van der Waals surface area (Å²) < 4.78 is 17.0. The molecule has 6 heteroatoms. The van der Waals surface area contributed by atoms with Crippen molar-refractivity contribution < 1.29 is 19.0 Å². The zero-order valence-electron chi connectivity index (χ0n) is 10.7. The van der Waals surface area contributed by atoms with Crippen molar-refractivity contribution in [1.82, 2.24) is 0 Å². The summed E-state index contributed by atoms with van der Waals surface area (Å²) >= 11 is 8.08. The van der Waals surface area contributed by atoms with Gasteiger partial charge in [-0.15, -0.1) is 11.6 Å². The molecule has 4 nitrogen and oxygen atoms in total. The highest BCUT2D eigenvalue weighted by atomic mass is 127. The molecule has 3 rings (SSSR count). The van der Waals surface area contributed by atoms with E-state index in [2.05, 4.69) is 22.6 Å². The Morgan fingerprint density at radius 2 is 2.10 bits per heavy atom. The minimum absolute atomic E-state index is 0.0349. The van der Waals surface area contributed by atoms with Crippen LogP contribution in [0, 0.1) is 5.92 Å². The molecule has 3 atom stereocenters. The molecule has 0 saturated carbocycles. The van der Waals surface area contributed by atoms with Crippen molar-refractivity contribution in [3.63, 3.8) is 0 Å². The van der Waals surface area contributed by atoms with Crippen molar-refractivity contribution in [2.45, 2.75) is 18.4 Å². The van der Waals surface area contributed by atoms with E-state index in [1.807, 2.05) is 18.2 Å². The van der Waals surface area contributed by atoms with E-state index in [1.54, 1.807) is 0 Å². The summed E-state index contributed by atoms with van der Waals surface area (Å²) in [5.74, 6) is 1.65. The Bertz CT molecular complexity index is 522. The monoisotopic (exact) mass is 408 g/mol. The van der Waals surface area contributed by atoms with Crippen LogP contribution in [0.5, 0.6) is 11.5 Å². The largest absolute Gasteiger partial charge is 0.461 e.